The molecular weight excluding hydrogens is 184 g/mol. The summed E-state index contributed by atoms with van der Waals surface area (Å²) in [6.07, 6.45) is 2.22. The second kappa shape index (κ2) is 4.36. The first-order chi connectivity index (χ1) is 7.20. The highest BCUT2D eigenvalue weighted by Crippen LogP contribution is 2.39. The summed E-state index contributed by atoms with van der Waals surface area (Å²) in [4.78, 5) is 0. The minimum absolute atomic E-state index is 0.135. The zero-order valence-corrected chi connectivity index (χ0v) is 9.56. The van der Waals surface area contributed by atoms with E-state index in [4.69, 9.17) is 0 Å². The summed E-state index contributed by atoms with van der Waals surface area (Å²) in [5.74, 6) is 1.38. The average molecular weight is 204 g/mol. The number of rotatable bonds is 1. The zero-order valence-electron chi connectivity index (χ0n) is 9.56. The smallest absolute Gasteiger partial charge is 0.0597 e. The quantitative estimate of drug-likeness (QED) is 0.744. The molecule has 1 saturated carbocycles. The van der Waals surface area contributed by atoms with Crippen LogP contribution in [0.15, 0.2) is 30.3 Å². The van der Waals surface area contributed by atoms with E-state index < -0.39 is 0 Å². The van der Waals surface area contributed by atoms with Crippen molar-refractivity contribution < 1.29 is 5.11 Å². The van der Waals surface area contributed by atoms with E-state index in [-0.39, 0.29) is 6.10 Å². The van der Waals surface area contributed by atoms with Gasteiger partial charge in [-0.15, -0.1) is 0 Å². The van der Waals surface area contributed by atoms with Gasteiger partial charge in [-0.25, -0.2) is 0 Å². The van der Waals surface area contributed by atoms with E-state index in [0.717, 1.165) is 6.42 Å². The van der Waals surface area contributed by atoms with Gasteiger partial charge in [0.05, 0.1) is 6.10 Å². The predicted molar refractivity (Wildman–Crippen MR) is 62.8 cm³/mol. The number of aliphatic hydroxyl groups excluding tert-OH is 1. The summed E-state index contributed by atoms with van der Waals surface area (Å²) in [7, 11) is 0. The topological polar surface area (TPSA) is 20.2 Å². The lowest BCUT2D eigenvalue weighted by Crippen LogP contribution is -2.34. The van der Waals surface area contributed by atoms with Gasteiger partial charge in [0.15, 0.2) is 0 Å². The molecule has 0 heterocycles. The van der Waals surface area contributed by atoms with E-state index in [1.165, 1.54) is 12.0 Å². The van der Waals surface area contributed by atoms with Crippen LogP contribution in [0.4, 0.5) is 0 Å². The monoisotopic (exact) mass is 204 g/mol. The summed E-state index contributed by atoms with van der Waals surface area (Å²) < 4.78 is 0. The van der Waals surface area contributed by atoms with Crippen molar-refractivity contribution in [3.05, 3.63) is 35.9 Å². The van der Waals surface area contributed by atoms with Crippen LogP contribution in [0, 0.1) is 11.8 Å². The normalized spacial score (nSPS) is 36.5. The largest absolute Gasteiger partial charge is 0.393 e. The number of aliphatic hydroxyl groups is 1. The van der Waals surface area contributed by atoms with Crippen molar-refractivity contribution >= 4 is 0 Å². The van der Waals surface area contributed by atoms with Crippen molar-refractivity contribution in [1.82, 2.24) is 0 Å². The molecule has 0 aliphatic heterocycles. The Hall–Kier alpha value is -0.820. The molecule has 0 bridgehead atoms. The van der Waals surface area contributed by atoms with Crippen molar-refractivity contribution in [3.8, 4) is 0 Å². The fourth-order valence-corrected chi connectivity index (χ4v) is 2.80. The van der Waals surface area contributed by atoms with Crippen LogP contribution in [-0.4, -0.2) is 11.2 Å². The Morgan fingerprint density at radius 3 is 2.40 bits per heavy atom. The van der Waals surface area contributed by atoms with Crippen LogP contribution in [0.3, 0.4) is 0 Å². The highest BCUT2D eigenvalue weighted by molar-refractivity contribution is 5.21. The molecule has 1 aromatic carbocycles. The second-order valence-electron chi connectivity index (χ2n) is 4.92. The fraction of sp³-hybridized carbons (Fsp3) is 0.571. The summed E-state index contributed by atoms with van der Waals surface area (Å²) in [5, 5.41) is 10.1. The molecule has 0 radical (unpaired) electrons. The molecule has 0 saturated heterocycles. The summed E-state index contributed by atoms with van der Waals surface area (Å²) >= 11 is 0. The fourth-order valence-electron chi connectivity index (χ4n) is 2.80. The van der Waals surface area contributed by atoms with Gasteiger partial charge in [-0.1, -0.05) is 44.2 Å². The molecule has 0 aromatic heterocycles. The number of benzene rings is 1. The van der Waals surface area contributed by atoms with E-state index >= 15 is 0 Å². The molecule has 2 rings (SSSR count). The van der Waals surface area contributed by atoms with Crippen LogP contribution in [0.2, 0.25) is 0 Å². The van der Waals surface area contributed by atoms with E-state index in [1.54, 1.807) is 0 Å². The Labute approximate surface area is 92.1 Å². The van der Waals surface area contributed by atoms with Crippen LogP contribution < -0.4 is 0 Å². The number of hydrogen-bond donors (Lipinski definition) is 1. The molecule has 1 heteroatoms. The third-order valence-corrected chi connectivity index (χ3v) is 3.92. The summed E-state index contributed by atoms with van der Waals surface area (Å²) in [6, 6.07) is 10.6. The SMILES string of the molecule is CC1CCC(c2ccccc2)C(C)C1O. The molecule has 15 heavy (non-hydrogen) atoms. The number of hydrogen-bond acceptors (Lipinski definition) is 1. The van der Waals surface area contributed by atoms with Gasteiger partial charge in [-0.05, 0) is 36.2 Å². The van der Waals surface area contributed by atoms with Crippen molar-refractivity contribution in [3.63, 3.8) is 0 Å². The van der Waals surface area contributed by atoms with Gasteiger partial charge in [0.1, 0.15) is 0 Å². The minimum Gasteiger partial charge on any atom is -0.393 e. The van der Waals surface area contributed by atoms with Gasteiger partial charge >= 0.3 is 0 Å². The standard InChI is InChI=1S/C14H20O/c1-10-8-9-13(11(2)14(10)15)12-6-4-3-5-7-12/h3-7,10-11,13-15H,8-9H2,1-2H3. The second-order valence-corrected chi connectivity index (χ2v) is 4.92. The van der Waals surface area contributed by atoms with Crippen LogP contribution >= 0.6 is 0 Å². The van der Waals surface area contributed by atoms with Crippen LogP contribution in [-0.2, 0) is 0 Å². The van der Waals surface area contributed by atoms with Gasteiger partial charge in [-0.2, -0.15) is 0 Å². The molecule has 82 valence electrons. The van der Waals surface area contributed by atoms with Gasteiger partial charge < -0.3 is 5.11 Å². The maximum Gasteiger partial charge on any atom is 0.0597 e. The van der Waals surface area contributed by atoms with E-state index in [1.807, 2.05) is 0 Å². The van der Waals surface area contributed by atoms with Gasteiger partial charge in [-0.3, -0.25) is 0 Å². The van der Waals surface area contributed by atoms with Crippen molar-refractivity contribution in [1.29, 1.82) is 0 Å². The first-order valence-electron chi connectivity index (χ1n) is 5.93. The Kier molecular flexibility index (Phi) is 3.11. The molecule has 0 amide bonds. The first kappa shape index (κ1) is 10.7. The van der Waals surface area contributed by atoms with Crippen molar-refractivity contribution in [2.45, 2.75) is 38.7 Å². The zero-order chi connectivity index (χ0) is 10.8. The maximum absolute atomic E-state index is 10.1. The lowest BCUT2D eigenvalue weighted by atomic mass is 9.71. The lowest BCUT2D eigenvalue weighted by molar-refractivity contribution is 0.0210. The molecular formula is C14H20O. The van der Waals surface area contributed by atoms with Crippen LogP contribution in [0.25, 0.3) is 0 Å². The van der Waals surface area contributed by atoms with Gasteiger partial charge in [0.2, 0.25) is 0 Å². The van der Waals surface area contributed by atoms with Crippen molar-refractivity contribution in [2.75, 3.05) is 0 Å². The summed E-state index contributed by atoms with van der Waals surface area (Å²) in [5.41, 5.74) is 1.39. The molecule has 1 aliphatic carbocycles. The van der Waals surface area contributed by atoms with Crippen molar-refractivity contribution in [2.24, 2.45) is 11.8 Å². The third kappa shape index (κ3) is 2.07. The molecule has 1 fully saturated rings. The maximum atomic E-state index is 10.1. The predicted octanol–water partition coefficient (Wildman–Crippen LogP) is 3.20. The summed E-state index contributed by atoms with van der Waals surface area (Å²) in [6.45, 7) is 4.33. The molecule has 1 nitrogen and oxygen atoms in total. The van der Waals surface area contributed by atoms with Crippen LogP contribution in [0.5, 0.6) is 0 Å². The first-order valence-corrected chi connectivity index (χ1v) is 5.93. The molecule has 1 N–H and O–H groups in total. The van der Waals surface area contributed by atoms with E-state index in [9.17, 15) is 5.11 Å². The van der Waals surface area contributed by atoms with Crippen LogP contribution in [0.1, 0.15) is 38.2 Å². The van der Waals surface area contributed by atoms with E-state index in [0.29, 0.717) is 17.8 Å². The highest BCUT2D eigenvalue weighted by Gasteiger charge is 2.33. The minimum atomic E-state index is -0.135. The van der Waals surface area contributed by atoms with E-state index in [2.05, 4.69) is 44.2 Å². The van der Waals surface area contributed by atoms with Gasteiger partial charge in [0, 0.05) is 0 Å². The third-order valence-electron chi connectivity index (χ3n) is 3.92. The Balaban J connectivity index is 2.17. The Morgan fingerprint density at radius 2 is 1.73 bits per heavy atom. The molecule has 4 unspecified atom stereocenters. The average Bonchev–Trinajstić information content (AvgIpc) is 2.27. The Morgan fingerprint density at radius 1 is 1.07 bits per heavy atom. The van der Waals surface area contributed by atoms with Gasteiger partial charge in [0.25, 0.3) is 0 Å². The molecule has 0 spiro atoms. The lowest BCUT2D eigenvalue weighted by Gasteiger charge is -2.37. The molecule has 1 aromatic rings. The molecule has 4 atom stereocenters. The highest BCUT2D eigenvalue weighted by atomic mass is 16.3. The Bertz CT molecular complexity index is 306. The molecule has 1 aliphatic rings.